The van der Waals surface area contributed by atoms with Gasteiger partial charge in [-0.15, -0.1) is 0 Å². The summed E-state index contributed by atoms with van der Waals surface area (Å²) in [5, 5.41) is 33.7. The van der Waals surface area contributed by atoms with Gasteiger partial charge in [-0.05, 0) is 113 Å². The van der Waals surface area contributed by atoms with Gasteiger partial charge in [-0.2, -0.15) is 29.2 Å². The first-order valence-electron chi connectivity index (χ1n) is 22.4. The summed E-state index contributed by atoms with van der Waals surface area (Å²) in [6.07, 6.45) is 8.16. The number of hydrogen-bond donors (Lipinski definition) is 4. The highest BCUT2D eigenvalue weighted by Gasteiger charge is 2.31. The largest absolute Gasteiger partial charge is 0.477 e. The van der Waals surface area contributed by atoms with Gasteiger partial charge in [-0.25, -0.2) is 29.0 Å². The summed E-state index contributed by atoms with van der Waals surface area (Å²) in [6, 6.07) is 14.3. The molecule has 0 saturated heterocycles. The average Bonchev–Trinajstić information content (AvgIpc) is 4.25. The van der Waals surface area contributed by atoms with E-state index in [1.165, 1.54) is 46.0 Å². The van der Waals surface area contributed by atoms with Gasteiger partial charge in [-0.3, -0.25) is 14.4 Å². The Balaban J connectivity index is 0.000000200. The monoisotopic (exact) mass is 989 g/mol. The molecule has 0 spiro atoms. The second-order valence-electron chi connectivity index (χ2n) is 16.6. The topological polar surface area (TPSA) is 302 Å². The van der Waals surface area contributed by atoms with Crippen LogP contribution in [0.3, 0.4) is 0 Å². The number of amides is 3. The molecule has 2 atom stereocenters. The van der Waals surface area contributed by atoms with Gasteiger partial charge in [0.05, 0.1) is 23.2 Å². The van der Waals surface area contributed by atoms with Crippen LogP contribution in [0.1, 0.15) is 134 Å². The van der Waals surface area contributed by atoms with Crippen molar-refractivity contribution >= 4 is 58.2 Å². The molecule has 73 heavy (non-hydrogen) atoms. The van der Waals surface area contributed by atoms with Crippen LogP contribution in [-0.4, -0.2) is 103 Å². The van der Waals surface area contributed by atoms with E-state index in [1.807, 2.05) is 26.0 Å². The molecule has 0 aliphatic heterocycles. The van der Waals surface area contributed by atoms with Crippen LogP contribution < -0.4 is 16.0 Å². The Morgan fingerprint density at radius 2 is 1.21 bits per heavy atom. The van der Waals surface area contributed by atoms with Crippen molar-refractivity contribution in [3.63, 3.8) is 0 Å². The summed E-state index contributed by atoms with van der Waals surface area (Å²) in [4.78, 5) is 91.6. The van der Waals surface area contributed by atoms with E-state index < -0.39 is 35.6 Å². The Labute approximate surface area is 414 Å². The highest BCUT2D eigenvalue weighted by atomic mass is 16.6. The molecule has 0 unspecified atom stereocenters. The highest BCUT2D eigenvalue weighted by Crippen LogP contribution is 2.36. The number of aromatic nitrogens is 10. The van der Waals surface area contributed by atoms with Crippen molar-refractivity contribution in [3.8, 4) is 0 Å². The number of carbonyl (C=O) groups is 6. The third kappa shape index (κ3) is 10.1. The molecule has 0 bridgehead atoms. The summed E-state index contributed by atoms with van der Waals surface area (Å²) in [5.41, 5.74) is 8.29. The summed E-state index contributed by atoms with van der Waals surface area (Å²) in [6.45, 7) is 11.3. The number of benzene rings is 3. The molecule has 5 heterocycles. The summed E-state index contributed by atoms with van der Waals surface area (Å²) < 4.78 is 17.5. The standard InChI is InChI=1S/C28H24N8O5.C21H19N5O5.CH4/c1-3-10-40-27(39)18-5-6-19-17(15(18)2)7-9-20(19)32-26(38)24-12-23(33-28-30-14-31-36(24)28)25(37)29-13-16-4-8-21-22(11-16)35-41-34-21;1-3-8-31-20(30)13-4-5-14-12(11(13)2)6-7-15(14)24-18(27)17-9-16(19(28)29)25-21-22-10-23-26(17)21;/h3-6,8,11-12,14,20H,1,7,9-10,13H2,2H3,(H,29,37)(H,32,38);3-5,9-10,15H,1,6-8H2,2H3,(H,24,27)(H,28,29);1H4/t20-;15-;/m00./s1. The number of hydrogen-bond acceptors (Lipinski definition) is 17. The Morgan fingerprint density at radius 3 is 1.73 bits per heavy atom. The average molecular weight is 990 g/mol. The molecule has 2 aliphatic carbocycles. The molecule has 0 radical (unpaired) electrons. The molecule has 0 saturated carbocycles. The fraction of sp³-hybridized carbons (Fsp3) is 0.240. The van der Waals surface area contributed by atoms with Crippen LogP contribution in [0.4, 0.5) is 0 Å². The molecular formula is C50H47N13O10. The lowest BCUT2D eigenvalue weighted by molar-refractivity contribution is 0.0539. The maximum atomic E-state index is 13.5. The first-order valence-corrected chi connectivity index (χ1v) is 22.4. The number of carboxylic acids is 1. The first kappa shape index (κ1) is 49.9. The molecule has 10 rings (SSSR count). The molecule has 3 aromatic carbocycles. The van der Waals surface area contributed by atoms with Crippen molar-refractivity contribution in [2.24, 2.45) is 0 Å². The van der Waals surface area contributed by atoms with E-state index in [0.29, 0.717) is 47.8 Å². The lowest BCUT2D eigenvalue weighted by atomic mass is 9.98. The number of carboxylic acid groups (broad SMARTS) is 1. The summed E-state index contributed by atoms with van der Waals surface area (Å²) in [5.74, 6) is -3.38. The molecule has 2 aliphatic rings. The zero-order chi connectivity index (χ0) is 50.6. The zero-order valence-corrected chi connectivity index (χ0v) is 38.6. The Morgan fingerprint density at radius 1 is 0.699 bits per heavy atom. The zero-order valence-electron chi connectivity index (χ0n) is 38.6. The molecule has 3 amide bonds. The number of nitrogens with zero attached hydrogens (tertiary/aromatic N) is 10. The quantitative estimate of drug-likeness (QED) is 0.0805. The molecule has 0 fully saturated rings. The van der Waals surface area contributed by atoms with Crippen LogP contribution >= 0.6 is 0 Å². The number of rotatable bonds is 14. The van der Waals surface area contributed by atoms with Crippen LogP contribution in [0, 0.1) is 13.8 Å². The molecule has 8 aromatic rings. The SMILES string of the molecule is C.C=CCOC(=O)c1ccc2c(c1C)CC[C@@H]2NC(=O)c1cc(C(=O)NCc2ccc3nonc3c2)nc2ncnn12.C=CCOC(=O)c1ccc2c(c1C)CC[C@@H]2NC(=O)c1cc(C(=O)O)nc2ncnn12. The first-order chi connectivity index (χ1) is 34.8. The Kier molecular flexibility index (Phi) is 14.5. The van der Waals surface area contributed by atoms with Gasteiger partial charge in [0.2, 0.25) is 0 Å². The molecule has 4 N–H and O–H groups in total. The third-order valence-corrected chi connectivity index (χ3v) is 12.3. The minimum absolute atomic E-state index is 0. The van der Waals surface area contributed by atoms with Crippen molar-refractivity contribution in [3.05, 3.63) is 165 Å². The number of ether oxygens (including phenoxy) is 2. The van der Waals surface area contributed by atoms with E-state index in [1.54, 1.807) is 30.3 Å². The molecule has 5 aromatic heterocycles. The fourth-order valence-corrected chi connectivity index (χ4v) is 8.78. The predicted molar refractivity (Wildman–Crippen MR) is 259 cm³/mol. The van der Waals surface area contributed by atoms with Crippen molar-refractivity contribution in [2.45, 2.75) is 65.6 Å². The predicted octanol–water partition coefficient (Wildman–Crippen LogP) is 5.19. The molecule has 23 heteroatoms. The number of aromatic carboxylic acids is 1. The van der Waals surface area contributed by atoms with Crippen molar-refractivity contribution in [1.29, 1.82) is 0 Å². The van der Waals surface area contributed by atoms with E-state index in [-0.39, 0.29) is 73.6 Å². The molecular weight excluding hydrogens is 943 g/mol. The van der Waals surface area contributed by atoms with Gasteiger partial charge in [0.25, 0.3) is 29.3 Å². The summed E-state index contributed by atoms with van der Waals surface area (Å²) >= 11 is 0. The van der Waals surface area contributed by atoms with Gasteiger partial charge >= 0.3 is 17.9 Å². The number of nitrogens with one attached hydrogen (secondary N) is 3. The van der Waals surface area contributed by atoms with Gasteiger partial charge < -0.3 is 30.5 Å². The molecule has 23 nitrogen and oxygen atoms in total. The van der Waals surface area contributed by atoms with E-state index in [4.69, 9.17) is 14.1 Å². The van der Waals surface area contributed by atoms with Gasteiger partial charge in [0, 0.05) is 18.7 Å². The Bertz CT molecular complexity index is 3530. The number of carbonyl (C=O) groups excluding carboxylic acids is 5. The number of fused-ring (bicyclic) bond motifs is 5. The van der Waals surface area contributed by atoms with E-state index in [9.17, 15) is 33.9 Å². The van der Waals surface area contributed by atoms with Gasteiger partial charge in [-0.1, -0.05) is 50.9 Å². The van der Waals surface area contributed by atoms with Crippen molar-refractivity contribution < 1.29 is 48.0 Å². The normalized spacial score (nSPS) is 14.2. The third-order valence-electron chi connectivity index (χ3n) is 12.3. The second-order valence-corrected chi connectivity index (χ2v) is 16.6. The van der Waals surface area contributed by atoms with Crippen LogP contribution in [0.2, 0.25) is 0 Å². The van der Waals surface area contributed by atoms with E-state index in [0.717, 1.165) is 38.9 Å². The maximum absolute atomic E-state index is 13.5. The van der Waals surface area contributed by atoms with Crippen LogP contribution in [-0.2, 0) is 28.9 Å². The van der Waals surface area contributed by atoms with E-state index in [2.05, 4.69) is 69.6 Å². The maximum Gasteiger partial charge on any atom is 0.354 e. The molecule has 372 valence electrons. The highest BCUT2D eigenvalue weighted by molar-refractivity contribution is 5.99. The van der Waals surface area contributed by atoms with Gasteiger partial charge in [0.15, 0.2) is 5.69 Å². The lowest BCUT2D eigenvalue weighted by Crippen LogP contribution is -2.30. The van der Waals surface area contributed by atoms with E-state index >= 15 is 0 Å². The minimum atomic E-state index is -1.27. The minimum Gasteiger partial charge on any atom is -0.477 e. The van der Waals surface area contributed by atoms with Crippen LogP contribution in [0.5, 0.6) is 0 Å². The van der Waals surface area contributed by atoms with Crippen molar-refractivity contribution in [1.82, 2.24) is 65.4 Å². The fourth-order valence-electron chi connectivity index (χ4n) is 8.78. The van der Waals surface area contributed by atoms with Crippen LogP contribution in [0.15, 0.2) is 97.2 Å². The Hall–Kier alpha value is -9.54. The van der Waals surface area contributed by atoms with Crippen molar-refractivity contribution in [2.75, 3.05) is 13.2 Å². The van der Waals surface area contributed by atoms with Crippen LogP contribution in [0.25, 0.3) is 22.6 Å². The lowest BCUT2D eigenvalue weighted by Gasteiger charge is -2.16. The smallest absolute Gasteiger partial charge is 0.354 e. The number of esters is 2. The van der Waals surface area contributed by atoms with Gasteiger partial charge in [0.1, 0.15) is 54.0 Å². The second kappa shape index (κ2) is 21.2. The summed E-state index contributed by atoms with van der Waals surface area (Å²) in [7, 11) is 0.